The number of amides is 1. The van der Waals surface area contributed by atoms with E-state index in [2.05, 4.69) is 5.32 Å². The zero-order chi connectivity index (χ0) is 18.3. The fourth-order valence-electron chi connectivity index (χ4n) is 2.39. The molecule has 132 valence electrons. The zero-order valence-corrected chi connectivity index (χ0v) is 14.9. The van der Waals surface area contributed by atoms with E-state index < -0.39 is 11.5 Å². The van der Waals surface area contributed by atoms with Crippen LogP contribution in [0.1, 0.15) is 62.9 Å². The van der Waals surface area contributed by atoms with Gasteiger partial charge in [0.1, 0.15) is 0 Å². The normalized spacial score (nSPS) is 13.4. The third-order valence-electron chi connectivity index (χ3n) is 4.48. The minimum Gasteiger partial charge on any atom is -0.481 e. The Morgan fingerprint density at radius 2 is 1.71 bits per heavy atom. The maximum Gasteiger partial charge on any atom is 0.305 e. The summed E-state index contributed by atoms with van der Waals surface area (Å²) in [6.07, 6.45) is 0.923. The van der Waals surface area contributed by atoms with E-state index in [1.165, 1.54) is 0 Å². The van der Waals surface area contributed by atoms with Crippen LogP contribution in [0.3, 0.4) is 0 Å². The highest BCUT2D eigenvalue weighted by atomic mass is 16.4. The Morgan fingerprint density at radius 3 is 2.17 bits per heavy atom. The Bertz CT molecular complexity index is 592. The van der Waals surface area contributed by atoms with Crippen LogP contribution in [0.5, 0.6) is 0 Å². The summed E-state index contributed by atoms with van der Waals surface area (Å²) in [6, 6.07) is 7.38. The summed E-state index contributed by atoms with van der Waals surface area (Å²) in [4.78, 5) is 35.3. The molecule has 0 bridgehead atoms. The monoisotopic (exact) mass is 333 g/mol. The number of ketones is 1. The molecule has 0 spiro atoms. The van der Waals surface area contributed by atoms with Crippen molar-refractivity contribution in [1.82, 2.24) is 5.32 Å². The van der Waals surface area contributed by atoms with Crippen molar-refractivity contribution in [3.63, 3.8) is 0 Å². The summed E-state index contributed by atoms with van der Waals surface area (Å²) < 4.78 is 0. The lowest BCUT2D eigenvalue weighted by atomic mass is 9.85. The molecule has 0 saturated carbocycles. The van der Waals surface area contributed by atoms with Crippen molar-refractivity contribution >= 4 is 17.7 Å². The van der Waals surface area contributed by atoms with E-state index in [9.17, 15) is 14.4 Å². The Morgan fingerprint density at radius 1 is 1.12 bits per heavy atom. The molecule has 0 aliphatic heterocycles. The molecule has 2 N–H and O–H groups in total. The predicted octanol–water partition coefficient (Wildman–Crippen LogP) is 3.22. The van der Waals surface area contributed by atoms with Gasteiger partial charge in [-0.15, -0.1) is 0 Å². The number of nitrogens with one attached hydrogen (secondary N) is 1. The molecule has 1 aromatic carbocycles. The molecular formula is C19H27NO4. The maximum absolute atomic E-state index is 12.2. The molecule has 5 heteroatoms. The molecule has 0 heterocycles. The number of aryl methyl sites for hydroxylation is 1. The van der Waals surface area contributed by atoms with Crippen LogP contribution in [-0.4, -0.2) is 28.3 Å². The quantitative estimate of drug-likeness (QED) is 0.680. The average Bonchev–Trinajstić information content (AvgIpc) is 2.51. The summed E-state index contributed by atoms with van der Waals surface area (Å²) in [5.41, 5.74) is 0.928. The first-order valence-corrected chi connectivity index (χ1v) is 8.33. The number of benzene rings is 1. The predicted molar refractivity (Wildman–Crippen MR) is 93.0 cm³/mol. The van der Waals surface area contributed by atoms with Gasteiger partial charge in [0.2, 0.25) is 5.91 Å². The Balaban J connectivity index is 2.60. The van der Waals surface area contributed by atoms with Crippen LogP contribution in [0.15, 0.2) is 24.3 Å². The van der Waals surface area contributed by atoms with Crippen molar-refractivity contribution in [1.29, 1.82) is 0 Å². The van der Waals surface area contributed by atoms with Gasteiger partial charge in [-0.05, 0) is 24.8 Å². The van der Waals surface area contributed by atoms with E-state index in [4.69, 9.17) is 5.11 Å². The summed E-state index contributed by atoms with van der Waals surface area (Å²) in [5, 5.41) is 11.8. The molecule has 1 amide bonds. The topological polar surface area (TPSA) is 83.5 Å². The van der Waals surface area contributed by atoms with Crippen LogP contribution in [0.4, 0.5) is 0 Å². The highest BCUT2D eigenvalue weighted by Crippen LogP contribution is 2.21. The van der Waals surface area contributed by atoms with E-state index in [-0.39, 0.29) is 36.9 Å². The highest BCUT2D eigenvalue weighted by Gasteiger charge is 2.32. The van der Waals surface area contributed by atoms with Crippen LogP contribution < -0.4 is 5.32 Å². The van der Waals surface area contributed by atoms with E-state index >= 15 is 0 Å². The van der Waals surface area contributed by atoms with Gasteiger partial charge < -0.3 is 10.4 Å². The van der Waals surface area contributed by atoms with Gasteiger partial charge in [-0.25, -0.2) is 0 Å². The number of Topliss-reactive ketones (excluding diaryl/α,β-unsaturated/α-hetero) is 1. The van der Waals surface area contributed by atoms with Gasteiger partial charge in [-0.1, -0.05) is 45.0 Å². The number of carbonyl (C=O) groups is 3. The van der Waals surface area contributed by atoms with Crippen molar-refractivity contribution in [2.45, 2.75) is 58.9 Å². The number of hydrogen-bond donors (Lipinski definition) is 2. The number of aliphatic carboxylic acids is 1. The largest absolute Gasteiger partial charge is 0.481 e. The van der Waals surface area contributed by atoms with Crippen LogP contribution in [-0.2, 0) is 16.0 Å². The number of rotatable bonds is 9. The van der Waals surface area contributed by atoms with Gasteiger partial charge in [-0.3, -0.25) is 14.4 Å². The molecule has 1 unspecified atom stereocenters. The molecule has 0 aliphatic rings. The van der Waals surface area contributed by atoms with Crippen molar-refractivity contribution < 1.29 is 19.5 Å². The van der Waals surface area contributed by atoms with Crippen molar-refractivity contribution in [2.24, 2.45) is 5.92 Å². The van der Waals surface area contributed by atoms with E-state index in [0.29, 0.717) is 5.56 Å². The van der Waals surface area contributed by atoms with Gasteiger partial charge in [0.25, 0.3) is 0 Å². The van der Waals surface area contributed by atoms with Gasteiger partial charge in [-0.2, -0.15) is 0 Å². The van der Waals surface area contributed by atoms with Gasteiger partial charge in [0.15, 0.2) is 5.78 Å². The first kappa shape index (κ1) is 19.9. The molecule has 1 rings (SSSR count). The number of carbonyl (C=O) groups excluding carboxylic acids is 2. The molecule has 5 nitrogen and oxygen atoms in total. The minimum absolute atomic E-state index is 0.0326. The van der Waals surface area contributed by atoms with Crippen LogP contribution >= 0.6 is 0 Å². The Hall–Kier alpha value is -2.17. The fraction of sp³-hybridized carbons (Fsp3) is 0.526. The molecule has 0 saturated heterocycles. The molecule has 1 atom stereocenters. The van der Waals surface area contributed by atoms with Crippen molar-refractivity contribution in [3.8, 4) is 0 Å². The molecule has 0 aliphatic carbocycles. The summed E-state index contributed by atoms with van der Waals surface area (Å²) in [7, 11) is 0. The highest BCUT2D eigenvalue weighted by molar-refractivity contribution is 5.98. The van der Waals surface area contributed by atoms with Crippen molar-refractivity contribution in [2.75, 3.05) is 0 Å². The second kappa shape index (κ2) is 8.62. The molecule has 0 radical (unpaired) electrons. The van der Waals surface area contributed by atoms with Gasteiger partial charge in [0.05, 0.1) is 6.42 Å². The summed E-state index contributed by atoms with van der Waals surface area (Å²) in [5.74, 6) is -1.38. The maximum atomic E-state index is 12.2. The van der Waals surface area contributed by atoms with Crippen molar-refractivity contribution in [3.05, 3.63) is 35.4 Å². The number of carboxylic acid groups (broad SMARTS) is 1. The molecule has 0 fully saturated rings. The molecular weight excluding hydrogens is 306 g/mol. The standard InChI is InChI=1S/C19H27NO4/c1-5-14-6-8-15(9-7-14)16(21)10-11-17(22)20-19(4,13(2)3)12-18(23)24/h6-9,13H,5,10-12H2,1-4H3,(H,20,22)(H,23,24). The third-order valence-corrected chi connectivity index (χ3v) is 4.48. The van der Waals surface area contributed by atoms with E-state index in [0.717, 1.165) is 12.0 Å². The summed E-state index contributed by atoms with van der Waals surface area (Å²) >= 11 is 0. The first-order chi connectivity index (χ1) is 11.2. The molecule has 1 aromatic rings. The van der Waals surface area contributed by atoms with Gasteiger partial charge >= 0.3 is 5.97 Å². The Kier molecular flexibility index (Phi) is 7.14. The van der Waals surface area contributed by atoms with Crippen LogP contribution in [0.25, 0.3) is 0 Å². The minimum atomic E-state index is -0.960. The third kappa shape index (κ3) is 5.80. The van der Waals surface area contributed by atoms with Crippen LogP contribution in [0.2, 0.25) is 0 Å². The smallest absolute Gasteiger partial charge is 0.305 e. The molecule has 0 aromatic heterocycles. The zero-order valence-electron chi connectivity index (χ0n) is 14.9. The van der Waals surface area contributed by atoms with E-state index in [1.807, 2.05) is 32.9 Å². The number of hydrogen-bond acceptors (Lipinski definition) is 3. The SMILES string of the molecule is CCc1ccc(C(=O)CCC(=O)NC(C)(CC(=O)O)C(C)C)cc1. The second-order valence-electron chi connectivity index (χ2n) is 6.66. The van der Waals surface area contributed by atoms with Crippen LogP contribution in [0, 0.1) is 5.92 Å². The first-order valence-electron chi connectivity index (χ1n) is 8.33. The second-order valence-corrected chi connectivity index (χ2v) is 6.66. The summed E-state index contributed by atoms with van der Waals surface area (Å²) in [6.45, 7) is 7.49. The Labute approximate surface area is 143 Å². The lowest BCUT2D eigenvalue weighted by molar-refractivity contribution is -0.139. The number of carboxylic acids is 1. The fourth-order valence-corrected chi connectivity index (χ4v) is 2.39. The molecule has 24 heavy (non-hydrogen) atoms. The van der Waals surface area contributed by atoms with Gasteiger partial charge in [0, 0.05) is 23.9 Å². The lowest BCUT2D eigenvalue weighted by Gasteiger charge is -2.33. The lowest BCUT2D eigenvalue weighted by Crippen LogP contribution is -2.51. The average molecular weight is 333 g/mol. The van der Waals surface area contributed by atoms with E-state index in [1.54, 1.807) is 19.1 Å².